The number of benzene rings is 1. The van der Waals surface area contributed by atoms with E-state index in [4.69, 9.17) is 17.3 Å². The molecule has 16 heavy (non-hydrogen) atoms. The van der Waals surface area contributed by atoms with Crippen molar-refractivity contribution in [3.8, 4) is 0 Å². The Labute approximate surface area is 107 Å². The van der Waals surface area contributed by atoms with Crippen molar-refractivity contribution in [2.24, 2.45) is 5.73 Å². The Hall–Kier alpha value is -0.580. The molecular formula is C11H12BrClN2O. The van der Waals surface area contributed by atoms with Gasteiger partial charge in [-0.25, -0.2) is 0 Å². The third kappa shape index (κ3) is 2.56. The molecule has 1 aliphatic rings. The van der Waals surface area contributed by atoms with Gasteiger partial charge in [-0.3, -0.25) is 4.79 Å². The number of carbonyl (C=O) groups is 1. The molecule has 0 aliphatic heterocycles. The summed E-state index contributed by atoms with van der Waals surface area (Å²) in [5.74, 6) is -0.0912. The Morgan fingerprint density at radius 2 is 2.25 bits per heavy atom. The molecule has 0 unspecified atom stereocenters. The van der Waals surface area contributed by atoms with E-state index in [0.29, 0.717) is 11.6 Å². The molecule has 5 heteroatoms. The van der Waals surface area contributed by atoms with E-state index in [2.05, 4.69) is 21.2 Å². The fourth-order valence-corrected chi connectivity index (χ4v) is 2.12. The van der Waals surface area contributed by atoms with E-state index in [1.165, 1.54) is 0 Å². The Balaban J connectivity index is 1.97. The van der Waals surface area contributed by atoms with Gasteiger partial charge in [0.15, 0.2) is 0 Å². The van der Waals surface area contributed by atoms with Gasteiger partial charge in [0.1, 0.15) is 0 Å². The van der Waals surface area contributed by atoms with Crippen LogP contribution in [0.4, 0.5) is 0 Å². The van der Waals surface area contributed by atoms with E-state index >= 15 is 0 Å². The summed E-state index contributed by atoms with van der Waals surface area (Å²) in [7, 11) is 0. The number of carbonyl (C=O) groups excluding carboxylic acids is 1. The van der Waals surface area contributed by atoms with Crippen molar-refractivity contribution in [1.29, 1.82) is 0 Å². The van der Waals surface area contributed by atoms with Crippen molar-refractivity contribution >= 4 is 33.4 Å². The predicted molar refractivity (Wildman–Crippen MR) is 67.2 cm³/mol. The molecule has 1 fully saturated rings. The first-order valence-electron chi connectivity index (χ1n) is 5.02. The molecule has 1 aromatic rings. The number of nitrogens with two attached hydrogens (primary N) is 1. The van der Waals surface area contributed by atoms with Gasteiger partial charge < -0.3 is 11.1 Å². The fraction of sp³-hybridized carbons (Fsp3) is 0.364. The highest BCUT2D eigenvalue weighted by molar-refractivity contribution is 9.10. The minimum Gasteiger partial charge on any atom is -0.350 e. The highest BCUT2D eigenvalue weighted by Crippen LogP contribution is 2.32. The van der Waals surface area contributed by atoms with Crippen LogP contribution < -0.4 is 11.1 Å². The van der Waals surface area contributed by atoms with Crippen LogP contribution in [0, 0.1) is 0 Å². The lowest BCUT2D eigenvalue weighted by Crippen LogP contribution is -2.42. The zero-order chi connectivity index (χ0) is 11.8. The number of hydrogen-bond donors (Lipinski definition) is 2. The molecule has 1 aromatic carbocycles. The summed E-state index contributed by atoms with van der Waals surface area (Å²) in [6.07, 6.45) is 1.54. The van der Waals surface area contributed by atoms with E-state index in [1.807, 2.05) is 12.1 Å². The highest BCUT2D eigenvalue weighted by atomic mass is 79.9. The Morgan fingerprint density at radius 3 is 2.81 bits per heavy atom. The monoisotopic (exact) mass is 302 g/mol. The van der Waals surface area contributed by atoms with Crippen LogP contribution in [-0.4, -0.2) is 11.4 Å². The summed E-state index contributed by atoms with van der Waals surface area (Å²) in [4.78, 5) is 11.6. The summed E-state index contributed by atoms with van der Waals surface area (Å²) in [6.45, 7) is 0.421. The van der Waals surface area contributed by atoms with Gasteiger partial charge in [-0.1, -0.05) is 33.6 Å². The molecule has 1 amide bonds. The number of nitrogens with one attached hydrogen (secondary N) is 1. The molecule has 2 rings (SSSR count). The van der Waals surface area contributed by atoms with Crippen LogP contribution in [0.1, 0.15) is 18.4 Å². The van der Waals surface area contributed by atoms with Crippen molar-refractivity contribution in [2.45, 2.75) is 24.9 Å². The van der Waals surface area contributed by atoms with Crippen LogP contribution in [-0.2, 0) is 11.3 Å². The van der Waals surface area contributed by atoms with Gasteiger partial charge >= 0.3 is 0 Å². The lowest BCUT2D eigenvalue weighted by molar-refractivity contribution is -0.123. The van der Waals surface area contributed by atoms with Crippen LogP contribution in [0.3, 0.4) is 0 Å². The maximum Gasteiger partial charge on any atom is 0.240 e. The third-order valence-electron chi connectivity index (χ3n) is 2.70. The molecule has 0 spiro atoms. The van der Waals surface area contributed by atoms with Gasteiger partial charge in [0.05, 0.1) is 5.54 Å². The molecule has 0 saturated heterocycles. The third-order valence-corrected chi connectivity index (χ3v) is 3.54. The number of amides is 1. The largest absolute Gasteiger partial charge is 0.350 e. The molecule has 0 atom stereocenters. The van der Waals surface area contributed by atoms with Crippen LogP contribution in [0.25, 0.3) is 0 Å². The molecular weight excluding hydrogens is 291 g/mol. The second-order valence-corrected chi connectivity index (χ2v) is 5.40. The summed E-state index contributed by atoms with van der Waals surface area (Å²) in [5, 5.41) is 3.43. The molecule has 0 radical (unpaired) electrons. The van der Waals surface area contributed by atoms with Crippen LogP contribution in [0.15, 0.2) is 22.7 Å². The van der Waals surface area contributed by atoms with Crippen LogP contribution >= 0.6 is 27.5 Å². The quantitative estimate of drug-likeness (QED) is 0.899. The zero-order valence-electron chi connectivity index (χ0n) is 8.59. The molecule has 3 N–H and O–H groups in total. The minimum absolute atomic E-state index is 0.0912. The van der Waals surface area contributed by atoms with E-state index in [9.17, 15) is 4.79 Å². The van der Waals surface area contributed by atoms with Crippen LogP contribution in [0.2, 0.25) is 5.02 Å². The Bertz CT molecular complexity index is 432. The van der Waals surface area contributed by atoms with E-state index in [-0.39, 0.29) is 5.91 Å². The number of hydrogen-bond acceptors (Lipinski definition) is 2. The average Bonchev–Trinajstić information content (AvgIpc) is 2.96. The molecule has 86 valence electrons. The second kappa shape index (κ2) is 4.35. The van der Waals surface area contributed by atoms with Gasteiger partial charge in [0.2, 0.25) is 5.91 Å². The second-order valence-electron chi connectivity index (χ2n) is 4.07. The minimum atomic E-state index is -0.623. The molecule has 0 bridgehead atoms. The summed E-state index contributed by atoms with van der Waals surface area (Å²) in [6, 6.07) is 5.57. The fourth-order valence-electron chi connectivity index (χ4n) is 1.38. The maximum atomic E-state index is 11.6. The Morgan fingerprint density at radius 1 is 1.56 bits per heavy atom. The number of rotatable bonds is 3. The first-order chi connectivity index (χ1) is 7.51. The highest BCUT2D eigenvalue weighted by Gasteiger charge is 2.45. The molecule has 1 aliphatic carbocycles. The number of halogens is 2. The smallest absolute Gasteiger partial charge is 0.240 e. The molecule has 1 saturated carbocycles. The first-order valence-corrected chi connectivity index (χ1v) is 6.19. The lowest BCUT2D eigenvalue weighted by Gasteiger charge is -2.11. The normalized spacial score (nSPS) is 16.9. The van der Waals surface area contributed by atoms with Gasteiger partial charge in [0, 0.05) is 16.0 Å². The van der Waals surface area contributed by atoms with Crippen molar-refractivity contribution in [3.05, 3.63) is 33.3 Å². The topological polar surface area (TPSA) is 55.1 Å². The van der Waals surface area contributed by atoms with Gasteiger partial charge in [-0.05, 0) is 30.5 Å². The summed E-state index contributed by atoms with van der Waals surface area (Å²) in [5.41, 5.74) is 6.03. The van der Waals surface area contributed by atoms with Crippen molar-refractivity contribution < 1.29 is 4.79 Å². The van der Waals surface area contributed by atoms with Gasteiger partial charge in [0.25, 0.3) is 0 Å². The summed E-state index contributed by atoms with van der Waals surface area (Å²) >= 11 is 9.36. The molecule has 3 nitrogen and oxygen atoms in total. The van der Waals surface area contributed by atoms with Crippen LogP contribution in [0.5, 0.6) is 0 Å². The average molecular weight is 304 g/mol. The molecule has 0 heterocycles. The van der Waals surface area contributed by atoms with Crippen molar-refractivity contribution in [2.75, 3.05) is 0 Å². The van der Waals surface area contributed by atoms with E-state index in [1.54, 1.807) is 6.07 Å². The maximum absolute atomic E-state index is 11.6. The first kappa shape index (κ1) is 11.9. The Kier molecular flexibility index (Phi) is 3.24. The van der Waals surface area contributed by atoms with E-state index < -0.39 is 5.54 Å². The zero-order valence-corrected chi connectivity index (χ0v) is 10.9. The van der Waals surface area contributed by atoms with E-state index in [0.717, 1.165) is 22.9 Å². The SMILES string of the molecule is NC1(C(=O)NCc2ccc(Br)cc2Cl)CC1. The van der Waals surface area contributed by atoms with Crippen molar-refractivity contribution in [3.63, 3.8) is 0 Å². The van der Waals surface area contributed by atoms with Crippen molar-refractivity contribution in [1.82, 2.24) is 5.32 Å². The summed E-state index contributed by atoms with van der Waals surface area (Å²) < 4.78 is 0.921. The molecule has 0 aromatic heterocycles. The standard InChI is InChI=1S/C11H12BrClN2O/c12-8-2-1-7(9(13)5-8)6-15-10(16)11(14)3-4-11/h1-2,5H,3-4,6,14H2,(H,15,16). The lowest BCUT2D eigenvalue weighted by atomic mass is 10.2. The predicted octanol–water partition coefficient (Wildman–Crippen LogP) is 2.21. The van der Waals surface area contributed by atoms with Gasteiger partial charge in [-0.15, -0.1) is 0 Å². The van der Waals surface area contributed by atoms with Gasteiger partial charge in [-0.2, -0.15) is 0 Å².